The molecule has 1 aromatic carbocycles. The van der Waals surface area contributed by atoms with E-state index in [4.69, 9.17) is 4.74 Å². The Balaban J connectivity index is 1.76. The maximum atomic E-state index is 11.8. The van der Waals surface area contributed by atoms with Crippen molar-refractivity contribution in [3.63, 3.8) is 0 Å². The smallest absolute Gasteiger partial charge is 0.271 e. The van der Waals surface area contributed by atoms with Gasteiger partial charge in [-0.3, -0.25) is 4.79 Å². The SMILES string of the molecule is C=CCc1ccccc1OCC#CCNC(=O)c1csc(C)n1. The summed E-state index contributed by atoms with van der Waals surface area (Å²) in [6, 6.07) is 7.80. The largest absolute Gasteiger partial charge is 0.481 e. The first-order valence-corrected chi connectivity index (χ1v) is 8.06. The van der Waals surface area contributed by atoms with Crippen LogP contribution < -0.4 is 10.1 Å². The minimum absolute atomic E-state index is 0.208. The molecule has 0 aliphatic carbocycles. The Hall–Kier alpha value is -2.58. The fourth-order valence-electron chi connectivity index (χ4n) is 1.88. The van der Waals surface area contributed by atoms with Crippen LogP contribution in [-0.4, -0.2) is 24.0 Å². The molecule has 4 nitrogen and oxygen atoms in total. The van der Waals surface area contributed by atoms with E-state index < -0.39 is 0 Å². The van der Waals surface area contributed by atoms with Crippen molar-refractivity contribution < 1.29 is 9.53 Å². The molecule has 23 heavy (non-hydrogen) atoms. The molecule has 0 saturated carbocycles. The molecule has 5 heteroatoms. The minimum atomic E-state index is -0.208. The molecule has 0 aliphatic rings. The molecule has 0 bridgehead atoms. The highest BCUT2D eigenvalue weighted by Crippen LogP contribution is 2.18. The van der Waals surface area contributed by atoms with E-state index in [-0.39, 0.29) is 19.1 Å². The Morgan fingerprint density at radius 1 is 1.43 bits per heavy atom. The molecule has 1 N–H and O–H groups in total. The van der Waals surface area contributed by atoms with Crippen molar-refractivity contribution in [1.82, 2.24) is 10.3 Å². The summed E-state index contributed by atoms with van der Waals surface area (Å²) in [5.74, 6) is 6.35. The number of benzene rings is 1. The lowest BCUT2D eigenvalue weighted by Crippen LogP contribution is -2.23. The standard InChI is InChI=1S/C18H18N2O2S/c1-3-8-15-9-4-5-10-17(15)22-12-7-6-11-19-18(21)16-13-23-14(2)20-16/h3-5,9-10,13H,1,8,11-12H2,2H3,(H,19,21). The summed E-state index contributed by atoms with van der Waals surface area (Å²) in [5.41, 5.74) is 1.51. The molecule has 0 radical (unpaired) electrons. The van der Waals surface area contributed by atoms with Crippen molar-refractivity contribution in [3.8, 4) is 17.6 Å². The van der Waals surface area contributed by atoms with E-state index >= 15 is 0 Å². The van der Waals surface area contributed by atoms with E-state index in [9.17, 15) is 4.79 Å². The Morgan fingerprint density at radius 3 is 3.00 bits per heavy atom. The zero-order valence-corrected chi connectivity index (χ0v) is 13.8. The molecule has 0 spiro atoms. The van der Waals surface area contributed by atoms with Crippen LogP contribution >= 0.6 is 11.3 Å². The zero-order valence-electron chi connectivity index (χ0n) is 13.0. The lowest BCUT2D eigenvalue weighted by molar-refractivity contribution is 0.0954. The lowest BCUT2D eigenvalue weighted by atomic mass is 10.1. The Bertz CT molecular complexity index is 741. The van der Waals surface area contributed by atoms with Crippen LogP contribution in [0.15, 0.2) is 42.3 Å². The van der Waals surface area contributed by atoms with Crippen LogP contribution in [0.1, 0.15) is 21.1 Å². The third kappa shape index (κ3) is 5.28. The molecule has 0 atom stereocenters. The number of thiazole rings is 1. The average Bonchev–Trinajstić information content (AvgIpc) is 2.99. The molecule has 0 saturated heterocycles. The fraction of sp³-hybridized carbons (Fsp3) is 0.222. The molecule has 0 unspecified atom stereocenters. The number of hydrogen-bond donors (Lipinski definition) is 1. The first kappa shape index (κ1) is 16.8. The number of nitrogens with one attached hydrogen (secondary N) is 1. The number of carbonyl (C=O) groups excluding carboxylic acids is 1. The molecular weight excluding hydrogens is 308 g/mol. The van der Waals surface area contributed by atoms with Gasteiger partial charge in [0.1, 0.15) is 18.1 Å². The summed E-state index contributed by atoms with van der Waals surface area (Å²) in [4.78, 5) is 15.9. The van der Waals surface area contributed by atoms with Crippen LogP contribution in [0.25, 0.3) is 0 Å². The Labute approximate surface area is 140 Å². The highest BCUT2D eigenvalue weighted by atomic mass is 32.1. The number of rotatable bonds is 6. The van der Waals surface area contributed by atoms with Gasteiger partial charge in [0.15, 0.2) is 0 Å². The Morgan fingerprint density at radius 2 is 2.26 bits per heavy atom. The van der Waals surface area contributed by atoms with Gasteiger partial charge in [-0.15, -0.1) is 17.9 Å². The number of nitrogens with zero attached hydrogens (tertiary/aromatic N) is 1. The first-order chi connectivity index (χ1) is 11.2. The second-order valence-electron chi connectivity index (χ2n) is 4.68. The number of aromatic nitrogens is 1. The minimum Gasteiger partial charge on any atom is -0.481 e. The quantitative estimate of drug-likeness (QED) is 0.656. The van der Waals surface area contributed by atoms with Gasteiger partial charge in [0.25, 0.3) is 5.91 Å². The van der Waals surface area contributed by atoms with E-state index in [1.165, 1.54) is 11.3 Å². The Kier molecular flexibility index (Phi) is 6.40. The van der Waals surface area contributed by atoms with Crippen LogP contribution in [-0.2, 0) is 6.42 Å². The van der Waals surface area contributed by atoms with Gasteiger partial charge in [0.2, 0.25) is 0 Å². The monoisotopic (exact) mass is 326 g/mol. The number of aryl methyl sites for hydroxylation is 1. The topological polar surface area (TPSA) is 51.2 Å². The van der Waals surface area contributed by atoms with Crippen LogP contribution in [0.4, 0.5) is 0 Å². The van der Waals surface area contributed by atoms with Gasteiger partial charge >= 0.3 is 0 Å². The van der Waals surface area contributed by atoms with Gasteiger partial charge in [0, 0.05) is 5.38 Å². The molecule has 118 valence electrons. The van der Waals surface area contributed by atoms with Crippen molar-refractivity contribution in [2.75, 3.05) is 13.2 Å². The van der Waals surface area contributed by atoms with Crippen molar-refractivity contribution in [2.24, 2.45) is 0 Å². The van der Waals surface area contributed by atoms with Gasteiger partial charge in [0.05, 0.1) is 11.6 Å². The maximum Gasteiger partial charge on any atom is 0.271 e. The van der Waals surface area contributed by atoms with E-state index in [2.05, 4.69) is 28.7 Å². The fourth-order valence-corrected chi connectivity index (χ4v) is 2.47. The molecule has 2 rings (SSSR count). The molecule has 1 heterocycles. The van der Waals surface area contributed by atoms with Gasteiger partial charge in [-0.1, -0.05) is 36.1 Å². The second-order valence-corrected chi connectivity index (χ2v) is 5.74. The number of hydrogen-bond acceptors (Lipinski definition) is 4. The second kappa shape index (κ2) is 8.76. The number of amides is 1. The normalized spacial score (nSPS) is 9.61. The van der Waals surface area contributed by atoms with E-state index in [0.29, 0.717) is 5.69 Å². The predicted molar refractivity (Wildman–Crippen MR) is 92.8 cm³/mol. The van der Waals surface area contributed by atoms with Crippen molar-refractivity contribution >= 4 is 17.2 Å². The summed E-state index contributed by atoms with van der Waals surface area (Å²) in [7, 11) is 0. The van der Waals surface area contributed by atoms with Crippen molar-refractivity contribution in [2.45, 2.75) is 13.3 Å². The van der Waals surface area contributed by atoms with Crippen molar-refractivity contribution in [3.05, 3.63) is 58.6 Å². The summed E-state index contributed by atoms with van der Waals surface area (Å²) >= 11 is 1.45. The van der Waals surface area contributed by atoms with Crippen LogP contribution in [0.2, 0.25) is 0 Å². The highest BCUT2D eigenvalue weighted by molar-refractivity contribution is 7.09. The first-order valence-electron chi connectivity index (χ1n) is 7.18. The summed E-state index contributed by atoms with van der Waals surface area (Å²) in [6.07, 6.45) is 2.59. The van der Waals surface area contributed by atoms with E-state index in [1.54, 1.807) is 5.38 Å². The van der Waals surface area contributed by atoms with Crippen LogP contribution in [0, 0.1) is 18.8 Å². The number of carbonyl (C=O) groups is 1. The van der Waals surface area contributed by atoms with Crippen LogP contribution in [0.5, 0.6) is 5.75 Å². The van der Waals surface area contributed by atoms with Gasteiger partial charge in [-0.2, -0.15) is 0 Å². The summed E-state index contributed by atoms with van der Waals surface area (Å²) in [5, 5.41) is 5.31. The zero-order chi connectivity index (χ0) is 16.5. The average molecular weight is 326 g/mol. The summed E-state index contributed by atoms with van der Waals surface area (Å²) in [6.45, 7) is 6.15. The molecule has 2 aromatic rings. The number of allylic oxidation sites excluding steroid dienone is 1. The van der Waals surface area contributed by atoms with E-state index in [0.717, 1.165) is 22.7 Å². The maximum absolute atomic E-state index is 11.8. The number of para-hydroxylation sites is 1. The molecular formula is C18H18N2O2S. The number of ether oxygens (including phenoxy) is 1. The molecule has 1 aromatic heterocycles. The third-order valence-corrected chi connectivity index (χ3v) is 3.72. The molecule has 0 fully saturated rings. The predicted octanol–water partition coefficient (Wildman–Crippen LogP) is 2.99. The van der Waals surface area contributed by atoms with Gasteiger partial charge in [-0.25, -0.2) is 4.98 Å². The lowest BCUT2D eigenvalue weighted by Gasteiger charge is -2.07. The van der Waals surface area contributed by atoms with Crippen molar-refractivity contribution in [1.29, 1.82) is 0 Å². The molecule has 0 aliphatic heterocycles. The van der Waals surface area contributed by atoms with E-state index in [1.807, 2.05) is 37.3 Å². The molecule has 1 amide bonds. The van der Waals surface area contributed by atoms with Crippen LogP contribution in [0.3, 0.4) is 0 Å². The summed E-state index contributed by atoms with van der Waals surface area (Å²) < 4.78 is 5.64. The van der Waals surface area contributed by atoms with Gasteiger partial charge < -0.3 is 10.1 Å². The third-order valence-electron chi connectivity index (χ3n) is 2.95. The highest BCUT2D eigenvalue weighted by Gasteiger charge is 2.07. The van der Waals surface area contributed by atoms with Gasteiger partial charge in [-0.05, 0) is 25.0 Å².